The third kappa shape index (κ3) is 5.43. The molecule has 7 nitrogen and oxygen atoms in total. The Kier molecular flexibility index (Phi) is 7.27. The number of benzene rings is 2. The SMILES string of the molecule is CNC(=O)[C@@]1(OCc2cccc(Cl)c2)CC(OCc2ccc(C#N)cc2)[C@@H]2OC(C)(C)O[C@@H]2C1. The summed E-state index contributed by atoms with van der Waals surface area (Å²) in [5.41, 5.74) is 1.22. The van der Waals surface area contributed by atoms with Crippen LogP contribution in [0.4, 0.5) is 0 Å². The minimum atomic E-state index is -1.16. The Hall–Kier alpha value is -2.47. The molecular weight excluding hydrogens is 456 g/mol. The molecule has 1 unspecified atom stereocenters. The van der Waals surface area contributed by atoms with Crippen molar-refractivity contribution in [2.75, 3.05) is 7.05 Å². The molecule has 0 bridgehead atoms. The highest BCUT2D eigenvalue weighted by atomic mass is 35.5. The van der Waals surface area contributed by atoms with E-state index in [1.54, 1.807) is 25.2 Å². The zero-order valence-corrected chi connectivity index (χ0v) is 20.3. The number of nitriles is 1. The lowest BCUT2D eigenvalue weighted by molar-refractivity contribution is -0.183. The Morgan fingerprint density at radius 2 is 1.91 bits per heavy atom. The second kappa shape index (κ2) is 10.0. The molecule has 4 rings (SSSR count). The van der Waals surface area contributed by atoms with Gasteiger partial charge in [-0.2, -0.15) is 5.26 Å². The van der Waals surface area contributed by atoms with Gasteiger partial charge in [0.05, 0.1) is 37.1 Å². The van der Waals surface area contributed by atoms with E-state index in [1.165, 1.54) is 0 Å². The molecule has 180 valence electrons. The summed E-state index contributed by atoms with van der Waals surface area (Å²) in [6.07, 6.45) is -0.484. The van der Waals surface area contributed by atoms with Crippen LogP contribution < -0.4 is 5.32 Å². The van der Waals surface area contributed by atoms with Crippen LogP contribution in [0.3, 0.4) is 0 Å². The second-order valence-corrected chi connectivity index (χ2v) is 9.63. The number of nitrogens with zero attached hydrogens (tertiary/aromatic N) is 1. The molecule has 1 aliphatic heterocycles. The summed E-state index contributed by atoms with van der Waals surface area (Å²) >= 11 is 6.13. The van der Waals surface area contributed by atoms with E-state index in [4.69, 9.17) is 35.8 Å². The number of hydrogen-bond donors (Lipinski definition) is 1. The number of carbonyl (C=O) groups is 1. The van der Waals surface area contributed by atoms with Crippen molar-refractivity contribution in [3.8, 4) is 6.07 Å². The Morgan fingerprint density at radius 1 is 1.15 bits per heavy atom. The third-order valence-electron chi connectivity index (χ3n) is 6.24. The van der Waals surface area contributed by atoms with Crippen LogP contribution in [-0.2, 0) is 37.0 Å². The Balaban J connectivity index is 1.57. The van der Waals surface area contributed by atoms with Gasteiger partial charge in [-0.05, 0) is 49.2 Å². The number of hydrogen-bond acceptors (Lipinski definition) is 6. The molecule has 2 aliphatic rings. The number of rotatable bonds is 7. The molecule has 0 aromatic heterocycles. The number of halogens is 1. The lowest BCUT2D eigenvalue weighted by atomic mass is 9.78. The predicted molar refractivity (Wildman–Crippen MR) is 126 cm³/mol. The molecule has 1 aliphatic carbocycles. The van der Waals surface area contributed by atoms with Crippen molar-refractivity contribution in [3.05, 3.63) is 70.2 Å². The first-order valence-corrected chi connectivity index (χ1v) is 11.7. The van der Waals surface area contributed by atoms with Crippen molar-refractivity contribution in [1.82, 2.24) is 5.32 Å². The van der Waals surface area contributed by atoms with E-state index in [2.05, 4.69) is 11.4 Å². The molecule has 8 heteroatoms. The maximum absolute atomic E-state index is 13.2. The maximum Gasteiger partial charge on any atom is 0.252 e. The number of carbonyl (C=O) groups excluding carboxylic acids is 1. The second-order valence-electron chi connectivity index (χ2n) is 9.20. The molecule has 34 heavy (non-hydrogen) atoms. The van der Waals surface area contributed by atoms with Crippen LogP contribution >= 0.6 is 11.6 Å². The number of likely N-dealkylation sites (N-methyl/N-ethyl adjacent to an activating group) is 1. The maximum atomic E-state index is 13.2. The normalized spacial score (nSPS) is 27.6. The summed E-state index contributed by atoms with van der Waals surface area (Å²) < 4.78 is 25.0. The van der Waals surface area contributed by atoms with E-state index in [0.717, 1.165) is 11.1 Å². The molecule has 2 aromatic carbocycles. The van der Waals surface area contributed by atoms with Gasteiger partial charge >= 0.3 is 0 Å². The van der Waals surface area contributed by atoms with Crippen molar-refractivity contribution in [3.63, 3.8) is 0 Å². The smallest absolute Gasteiger partial charge is 0.252 e. The molecule has 1 amide bonds. The van der Waals surface area contributed by atoms with Gasteiger partial charge in [-0.15, -0.1) is 0 Å². The van der Waals surface area contributed by atoms with Gasteiger partial charge in [0.15, 0.2) is 11.4 Å². The van der Waals surface area contributed by atoms with Crippen molar-refractivity contribution in [2.24, 2.45) is 0 Å². The fraction of sp³-hybridized carbons (Fsp3) is 0.462. The first kappa shape index (κ1) is 24.6. The summed E-state index contributed by atoms with van der Waals surface area (Å²) in [6, 6.07) is 16.7. The number of amides is 1. The van der Waals surface area contributed by atoms with Crippen molar-refractivity contribution < 1.29 is 23.7 Å². The summed E-state index contributed by atoms with van der Waals surface area (Å²) in [5.74, 6) is -1.02. The third-order valence-corrected chi connectivity index (χ3v) is 6.48. The topological polar surface area (TPSA) is 89.8 Å². The molecule has 1 heterocycles. The number of nitrogens with one attached hydrogen (secondary N) is 1. The zero-order chi connectivity index (χ0) is 24.3. The predicted octanol–water partition coefficient (Wildman–Crippen LogP) is 4.11. The largest absolute Gasteiger partial charge is 0.371 e. The number of fused-ring (bicyclic) bond motifs is 1. The molecule has 4 atom stereocenters. The zero-order valence-electron chi connectivity index (χ0n) is 19.5. The van der Waals surface area contributed by atoms with Gasteiger partial charge in [-0.1, -0.05) is 35.9 Å². The minimum absolute atomic E-state index is 0.220. The van der Waals surface area contributed by atoms with E-state index in [9.17, 15) is 4.79 Å². The fourth-order valence-corrected chi connectivity index (χ4v) is 4.88. The summed E-state index contributed by atoms with van der Waals surface area (Å²) in [6.45, 7) is 4.24. The minimum Gasteiger partial charge on any atom is -0.371 e. The van der Waals surface area contributed by atoms with Crippen molar-refractivity contribution >= 4 is 17.5 Å². The average Bonchev–Trinajstić information content (AvgIpc) is 3.14. The Morgan fingerprint density at radius 3 is 2.59 bits per heavy atom. The van der Waals surface area contributed by atoms with E-state index in [-0.39, 0.29) is 24.7 Å². The highest BCUT2D eigenvalue weighted by Gasteiger charge is 2.57. The van der Waals surface area contributed by atoms with Crippen LogP contribution in [0.15, 0.2) is 48.5 Å². The Labute approximate surface area is 204 Å². The lowest BCUT2D eigenvalue weighted by Crippen LogP contribution is -2.59. The van der Waals surface area contributed by atoms with Crippen LogP contribution in [-0.4, -0.2) is 42.7 Å². The summed E-state index contributed by atoms with van der Waals surface area (Å²) in [7, 11) is 1.60. The molecule has 1 N–H and O–H groups in total. The van der Waals surface area contributed by atoms with Gasteiger partial charge in [0.2, 0.25) is 0 Å². The standard InChI is InChI=1S/C26H29ClN2O5/c1-25(2)33-22-13-26(24(30)29-3,32-16-19-5-4-6-20(27)11-19)12-21(23(22)34-25)31-15-18-9-7-17(14-28)8-10-18/h4-11,21-23H,12-13,15-16H2,1-3H3,(H,29,30)/t21?,22-,23+,26-/m1/s1. The van der Waals surface area contributed by atoms with E-state index >= 15 is 0 Å². The van der Waals surface area contributed by atoms with Gasteiger partial charge in [0, 0.05) is 24.9 Å². The van der Waals surface area contributed by atoms with Gasteiger partial charge in [-0.25, -0.2) is 0 Å². The highest BCUT2D eigenvalue weighted by Crippen LogP contribution is 2.44. The van der Waals surface area contributed by atoms with Crippen LogP contribution in [0.2, 0.25) is 5.02 Å². The van der Waals surface area contributed by atoms with Crippen LogP contribution in [0.1, 0.15) is 43.4 Å². The van der Waals surface area contributed by atoms with E-state index in [0.29, 0.717) is 30.0 Å². The summed E-state index contributed by atoms with van der Waals surface area (Å²) in [4.78, 5) is 13.2. The van der Waals surface area contributed by atoms with E-state index < -0.39 is 17.5 Å². The molecule has 2 fully saturated rings. The van der Waals surface area contributed by atoms with Crippen molar-refractivity contribution in [1.29, 1.82) is 5.26 Å². The molecule has 0 spiro atoms. The first-order valence-electron chi connectivity index (χ1n) is 11.3. The van der Waals surface area contributed by atoms with Crippen LogP contribution in [0.5, 0.6) is 0 Å². The lowest BCUT2D eigenvalue weighted by Gasteiger charge is -2.43. The van der Waals surface area contributed by atoms with Gasteiger partial charge in [0.25, 0.3) is 5.91 Å². The quantitative estimate of drug-likeness (QED) is 0.636. The molecule has 1 saturated heterocycles. The van der Waals surface area contributed by atoms with Gasteiger partial charge in [-0.3, -0.25) is 4.79 Å². The number of ether oxygens (including phenoxy) is 4. The molecule has 2 aromatic rings. The molecule has 1 saturated carbocycles. The average molecular weight is 485 g/mol. The fourth-order valence-electron chi connectivity index (χ4n) is 4.66. The van der Waals surface area contributed by atoms with Crippen LogP contribution in [0.25, 0.3) is 0 Å². The molecule has 0 radical (unpaired) electrons. The van der Waals surface area contributed by atoms with Gasteiger partial charge in [0.1, 0.15) is 6.10 Å². The molecular formula is C26H29ClN2O5. The first-order chi connectivity index (χ1) is 16.2. The van der Waals surface area contributed by atoms with Gasteiger partial charge < -0.3 is 24.3 Å². The Bertz CT molecular complexity index is 1070. The van der Waals surface area contributed by atoms with Crippen molar-refractivity contribution in [2.45, 2.75) is 69.6 Å². The van der Waals surface area contributed by atoms with Crippen LogP contribution in [0, 0.1) is 11.3 Å². The monoisotopic (exact) mass is 484 g/mol. The van der Waals surface area contributed by atoms with E-state index in [1.807, 2.05) is 44.2 Å². The highest BCUT2D eigenvalue weighted by molar-refractivity contribution is 6.30. The summed E-state index contributed by atoms with van der Waals surface area (Å²) in [5, 5.41) is 12.4.